The fraction of sp³-hybridized carbons (Fsp3) is 0.533. The van der Waals surface area contributed by atoms with Gasteiger partial charge in [-0.05, 0) is 24.6 Å². The minimum atomic E-state index is -0.505. The number of nitrogens with zero attached hydrogens (tertiary/aromatic N) is 1. The number of halogens is 1. The first kappa shape index (κ1) is 16.2. The van der Waals surface area contributed by atoms with E-state index in [0.717, 1.165) is 18.7 Å². The lowest BCUT2D eigenvalue weighted by molar-refractivity contribution is -0.122. The second-order valence-electron chi connectivity index (χ2n) is 5.25. The fourth-order valence-corrected chi connectivity index (χ4v) is 2.62. The van der Waals surface area contributed by atoms with Crippen molar-refractivity contribution in [2.45, 2.75) is 19.0 Å². The largest absolute Gasteiger partial charge is 0.379 e. The zero-order chi connectivity index (χ0) is 15.2. The van der Waals surface area contributed by atoms with Gasteiger partial charge >= 0.3 is 0 Å². The van der Waals surface area contributed by atoms with Crippen molar-refractivity contribution in [1.82, 2.24) is 10.2 Å². The van der Waals surface area contributed by atoms with Crippen LogP contribution >= 0.6 is 11.6 Å². The van der Waals surface area contributed by atoms with Gasteiger partial charge in [0, 0.05) is 24.7 Å². The van der Waals surface area contributed by atoms with E-state index in [-0.39, 0.29) is 11.9 Å². The third-order valence-electron chi connectivity index (χ3n) is 3.60. The van der Waals surface area contributed by atoms with Crippen molar-refractivity contribution >= 4 is 17.5 Å². The summed E-state index contributed by atoms with van der Waals surface area (Å²) in [4.78, 5) is 14.0. The van der Waals surface area contributed by atoms with Gasteiger partial charge in [-0.3, -0.25) is 9.69 Å². The molecule has 0 aliphatic carbocycles. The van der Waals surface area contributed by atoms with E-state index in [1.54, 1.807) is 6.92 Å². The maximum Gasteiger partial charge on any atom is 0.236 e. The van der Waals surface area contributed by atoms with Crippen LogP contribution in [0.3, 0.4) is 0 Å². The van der Waals surface area contributed by atoms with E-state index in [9.17, 15) is 4.79 Å². The number of ether oxygens (including phenoxy) is 1. The van der Waals surface area contributed by atoms with Crippen molar-refractivity contribution in [3.8, 4) is 0 Å². The summed E-state index contributed by atoms with van der Waals surface area (Å²) in [6, 6.07) is 7.33. The highest BCUT2D eigenvalue weighted by atomic mass is 35.5. The Labute approximate surface area is 130 Å². The minimum absolute atomic E-state index is 0.0790. The average molecular weight is 312 g/mol. The molecule has 0 saturated carbocycles. The summed E-state index contributed by atoms with van der Waals surface area (Å²) in [7, 11) is 0. The molecule has 0 aromatic heterocycles. The molecule has 1 aromatic rings. The van der Waals surface area contributed by atoms with Gasteiger partial charge in [0.2, 0.25) is 5.91 Å². The van der Waals surface area contributed by atoms with Crippen LogP contribution in [0.1, 0.15) is 18.5 Å². The Morgan fingerprint density at radius 3 is 2.81 bits per heavy atom. The monoisotopic (exact) mass is 311 g/mol. The summed E-state index contributed by atoms with van der Waals surface area (Å²) in [5.41, 5.74) is 6.69. The van der Waals surface area contributed by atoms with Crippen molar-refractivity contribution < 1.29 is 9.53 Å². The topological polar surface area (TPSA) is 67.6 Å². The van der Waals surface area contributed by atoms with Gasteiger partial charge in [-0.15, -0.1) is 0 Å². The van der Waals surface area contributed by atoms with Crippen LogP contribution in [0.4, 0.5) is 0 Å². The Kier molecular flexibility index (Phi) is 5.99. The Morgan fingerprint density at radius 2 is 2.19 bits per heavy atom. The zero-order valence-corrected chi connectivity index (χ0v) is 13.0. The van der Waals surface area contributed by atoms with Crippen LogP contribution < -0.4 is 11.1 Å². The first-order valence-electron chi connectivity index (χ1n) is 7.18. The number of rotatable bonds is 5. The number of benzene rings is 1. The van der Waals surface area contributed by atoms with Crippen LogP contribution in [0.25, 0.3) is 0 Å². The summed E-state index contributed by atoms with van der Waals surface area (Å²) >= 11 is 6.09. The molecule has 0 radical (unpaired) electrons. The summed E-state index contributed by atoms with van der Waals surface area (Å²) in [6.07, 6.45) is 0. The van der Waals surface area contributed by atoms with Gasteiger partial charge in [0.25, 0.3) is 0 Å². The van der Waals surface area contributed by atoms with Gasteiger partial charge in [-0.2, -0.15) is 0 Å². The quantitative estimate of drug-likeness (QED) is 0.857. The van der Waals surface area contributed by atoms with Crippen molar-refractivity contribution in [3.63, 3.8) is 0 Å². The van der Waals surface area contributed by atoms with Gasteiger partial charge in [0.1, 0.15) is 0 Å². The van der Waals surface area contributed by atoms with Crippen LogP contribution in [0.2, 0.25) is 5.02 Å². The van der Waals surface area contributed by atoms with Gasteiger partial charge in [-0.25, -0.2) is 0 Å². The first-order chi connectivity index (χ1) is 10.1. The number of morpholine rings is 1. The van der Waals surface area contributed by atoms with E-state index in [4.69, 9.17) is 22.1 Å². The first-order valence-corrected chi connectivity index (χ1v) is 7.56. The van der Waals surface area contributed by atoms with Crippen LogP contribution in [0.15, 0.2) is 24.3 Å². The minimum Gasteiger partial charge on any atom is -0.379 e. The molecule has 1 fully saturated rings. The van der Waals surface area contributed by atoms with E-state index in [1.807, 2.05) is 24.3 Å². The number of amides is 1. The van der Waals surface area contributed by atoms with Crippen LogP contribution in [0.5, 0.6) is 0 Å². The highest BCUT2D eigenvalue weighted by Gasteiger charge is 2.23. The number of hydrogen-bond acceptors (Lipinski definition) is 4. The number of nitrogens with two attached hydrogens (primary N) is 1. The fourth-order valence-electron chi connectivity index (χ4n) is 2.42. The SMILES string of the molecule is CC(N)C(=O)NCC(c1cccc(Cl)c1)N1CCOCC1. The Morgan fingerprint density at radius 1 is 1.48 bits per heavy atom. The average Bonchev–Trinajstić information content (AvgIpc) is 2.48. The normalized spacial score (nSPS) is 19.0. The molecule has 2 rings (SSSR count). The van der Waals surface area contributed by atoms with Crippen molar-refractivity contribution in [3.05, 3.63) is 34.9 Å². The molecule has 0 bridgehead atoms. The molecule has 0 spiro atoms. The second kappa shape index (κ2) is 7.75. The summed E-state index contributed by atoms with van der Waals surface area (Å²) in [5, 5.41) is 3.61. The summed E-state index contributed by atoms with van der Waals surface area (Å²) in [5.74, 6) is -0.143. The molecule has 2 unspecified atom stereocenters. The number of carbonyl (C=O) groups is 1. The van der Waals surface area contributed by atoms with E-state index < -0.39 is 6.04 Å². The molecule has 116 valence electrons. The number of nitrogens with one attached hydrogen (secondary N) is 1. The molecule has 21 heavy (non-hydrogen) atoms. The predicted molar refractivity (Wildman–Crippen MR) is 83.2 cm³/mol. The molecule has 1 heterocycles. The Hall–Kier alpha value is -1.14. The molecule has 1 aliphatic rings. The van der Waals surface area contributed by atoms with E-state index in [2.05, 4.69) is 10.2 Å². The van der Waals surface area contributed by atoms with Crippen LogP contribution in [0, 0.1) is 0 Å². The highest BCUT2D eigenvalue weighted by molar-refractivity contribution is 6.30. The summed E-state index contributed by atoms with van der Waals surface area (Å²) < 4.78 is 5.40. The predicted octanol–water partition coefficient (Wildman–Crippen LogP) is 1.18. The van der Waals surface area contributed by atoms with Crippen molar-refractivity contribution in [2.24, 2.45) is 5.73 Å². The molecule has 1 saturated heterocycles. The van der Waals surface area contributed by atoms with E-state index >= 15 is 0 Å². The number of hydrogen-bond donors (Lipinski definition) is 2. The van der Waals surface area contributed by atoms with Crippen molar-refractivity contribution in [2.75, 3.05) is 32.8 Å². The van der Waals surface area contributed by atoms with Gasteiger partial charge in [0.15, 0.2) is 0 Å². The van der Waals surface area contributed by atoms with Crippen LogP contribution in [-0.4, -0.2) is 49.7 Å². The van der Waals surface area contributed by atoms with Crippen LogP contribution in [-0.2, 0) is 9.53 Å². The van der Waals surface area contributed by atoms with Gasteiger partial charge in [-0.1, -0.05) is 23.7 Å². The molecule has 3 N–H and O–H groups in total. The second-order valence-corrected chi connectivity index (χ2v) is 5.69. The molecule has 1 aliphatic heterocycles. The van der Waals surface area contributed by atoms with Gasteiger partial charge in [0.05, 0.1) is 25.3 Å². The lowest BCUT2D eigenvalue weighted by Gasteiger charge is -2.35. The lowest BCUT2D eigenvalue weighted by atomic mass is 10.0. The Bertz CT molecular complexity index is 476. The van der Waals surface area contributed by atoms with Crippen molar-refractivity contribution in [1.29, 1.82) is 0 Å². The molecule has 5 nitrogen and oxygen atoms in total. The maximum absolute atomic E-state index is 11.7. The van der Waals surface area contributed by atoms with E-state index in [0.29, 0.717) is 24.8 Å². The molecule has 2 atom stereocenters. The maximum atomic E-state index is 11.7. The zero-order valence-electron chi connectivity index (χ0n) is 12.2. The van der Waals surface area contributed by atoms with Gasteiger partial charge < -0.3 is 15.8 Å². The smallest absolute Gasteiger partial charge is 0.236 e. The third kappa shape index (κ3) is 4.68. The summed E-state index contributed by atoms with van der Waals surface area (Å²) in [6.45, 7) is 5.28. The molecule has 1 amide bonds. The molecular formula is C15H22ClN3O2. The Balaban J connectivity index is 2.11. The molecule has 6 heteroatoms. The number of carbonyl (C=O) groups excluding carboxylic acids is 1. The molecular weight excluding hydrogens is 290 g/mol. The lowest BCUT2D eigenvalue weighted by Crippen LogP contribution is -2.46. The highest BCUT2D eigenvalue weighted by Crippen LogP contribution is 2.23. The van der Waals surface area contributed by atoms with E-state index in [1.165, 1.54) is 0 Å². The standard InChI is InChI=1S/C15H22ClN3O2/c1-11(17)15(20)18-10-14(19-5-7-21-8-6-19)12-3-2-4-13(16)9-12/h2-4,9,11,14H,5-8,10,17H2,1H3,(H,18,20). The molecule has 1 aromatic carbocycles. The third-order valence-corrected chi connectivity index (χ3v) is 3.84.